The van der Waals surface area contributed by atoms with Crippen molar-refractivity contribution < 1.29 is 14.7 Å². The third-order valence-corrected chi connectivity index (χ3v) is 3.72. The summed E-state index contributed by atoms with van der Waals surface area (Å²) in [4.78, 5) is 23.7. The molecule has 3 rings (SSSR count). The highest BCUT2D eigenvalue weighted by Gasteiger charge is 2.13. The van der Waals surface area contributed by atoms with Gasteiger partial charge in [0.25, 0.3) is 0 Å². The summed E-state index contributed by atoms with van der Waals surface area (Å²) in [7, 11) is 0. The lowest BCUT2D eigenvalue weighted by Crippen LogP contribution is -2.02. The van der Waals surface area contributed by atoms with Crippen LogP contribution in [0, 0.1) is 0 Å². The van der Waals surface area contributed by atoms with Crippen molar-refractivity contribution in [3.8, 4) is 0 Å². The van der Waals surface area contributed by atoms with Crippen molar-refractivity contribution in [1.82, 2.24) is 0 Å². The number of fused-ring (bicyclic) bond motifs is 1. The molecule has 1 N–H and O–H groups in total. The highest BCUT2D eigenvalue weighted by Crippen LogP contribution is 2.21. The van der Waals surface area contributed by atoms with E-state index in [1.54, 1.807) is 36.2 Å². The molecule has 0 saturated carbocycles. The van der Waals surface area contributed by atoms with Gasteiger partial charge in [-0.05, 0) is 29.0 Å². The summed E-state index contributed by atoms with van der Waals surface area (Å²) in [6, 6.07) is 18.6. The average Bonchev–Trinajstić information content (AvgIpc) is 2.68. The van der Waals surface area contributed by atoms with Crippen LogP contribution < -0.4 is 0 Å². The minimum atomic E-state index is -1.17. The van der Waals surface area contributed by atoms with E-state index in [2.05, 4.69) is 10.2 Å². The number of azo groups is 1. The molecule has 0 saturated heterocycles. The van der Waals surface area contributed by atoms with Gasteiger partial charge in [0, 0.05) is 5.56 Å². The number of benzene rings is 3. The van der Waals surface area contributed by atoms with E-state index in [0.717, 1.165) is 10.8 Å². The summed E-state index contributed by atoms with van der Waals surface area (Å²) >= 11 is 0. The van der Waals surface area contributed by atoms with Crippen LogP contribution >= 0.6 is 0 Å². The molecule has 0 aliphatic carbocycles. The first-order chi connectivity index (χ1) is 12.6. The molecule has 26 heavy (non-hydrogen) atoms. The first-order valence-corrected chi connectivity index (χ1v) is 7.65. The highest BCUT2D eigenvalue weighted by atomic mass is 16.4. The Hall–Kier alpha value is -3.89. The van der Waals surface area contributed by atoms with Crippen molar-refractivity contribution in [3.05, 3.63) is 89.0 Å². The lowest BCUT2D eigenvalue weighted by atomic mass is 10.0. The van der Waals surface area contributed by atoms with Crippen LogP contribution in [0.3, 0.4) is 0 Å². The van der Waals surface area contributed by atoms with E-state index >= 15 is 0 Å². The second kappa shape index (κ2) is 7.34. The van der Waals surface area contributed by atoms with Crippen molar-refractivity contribution in [2.45, 2.75) is 0 Å². The van der Waals surface area contributed by atoms with Crippen molar-refractivity contribution in [3.63, 3.8) is 0 Å². The third kappa shape index (κ3) is 3.45. The molecule has 0 aliphatic rings. The van der Waals surface area contributed by atoms with Gasteiger partial charge >= 0.3 is 5.97 Å². The number of carboxylic acids is 1. The minimum absolute atomic E-state index is 0.0632. The van der Waals surface area contributed by atoms with Gasteiger partial charge in [-0.2, -0.15) is 0 Å². The smallest absolute Gasteiger partial charge is 0.337 e. The lowest BCUT2D eigenvalue weighted by molar-refractivity contribution is 0.0697. The number of hydrogen-bond acceptors (Lipinski definition) is 4. The lowest BCUT2D eigenvalue weighted by Gasteiger charge is -2.03. The molecule has 3 aromatic rings. The van der Waals surface area contributed by atoms with E-state index in [4.69, 9.17) is 5.11 Å². The summed E-state index contributed by atoms with van der Waals surface area (Å²) in [5, 5.41) is 27.7. The van der Waals surface area contributed by atoms with Crippen LogP contribution in [0.1, 0.15) is 20.7 Å². The van der Waals surface area contributed by atoms with Gasteiger partial charge in [-0.3, -0.25) is 4.79 Å². The SMILES string of the molecule is [N-]=C=C(N=Nc1ccccc1C(=O)O)C(=O)c1ccc2ccccc2c1. The van der Waals surface area contributed by atoms with Crippen LogP contribution in [0.2, 0.25) is 0 Å². The first kappa shape index (κ1) is 17.0. The van der Waals surface area contributed by atoms with Crippen molar-refractivity contribution in [2.75, 3.05) is 0 Å². The van der Waals surface area contributed by atoms with E-state index in [0.29, 0.717) is 5.56 Å². The molecular formula is C20H12N3O3-. The van der Waals surface area contributed by atoms with E-state index < -0.39 is 17.4 Å². The molecule has 0 fully saturated rings. The van der Waals surface area contributed by atoms with Crippen molar-refractivity contribution >= 4 is 34.1 Å². The maximum absolute atomic E-state index is 12.5. The first-order valence-electron chi connectivity index (χ1n) is 7.65. The molecule has 0 radical (unpaired) electrons. The fourth-order valence-electron chi connectivity index (χ4n) is 2.43. The van der Waals surface area contributed by atoms with Crippen LogP contribution in [0.25, 0.3) is 16.2 Å². The van der Waals surface area contributed by atoms with Crippen molar-refractivity contribution in [2.24, 2.45) is 10.2 Å². The van der Waals surface area contributed by atoms with Crippen LogP contribution in [0.5, 0.6) is 0 Å². The molecule has 0 atom stereocenters. The molecule has 0 aromatic heterocycles. The van der Waals surface area contributed by atoms with E-state index in [9.17, 15) is 15.0 Å². The second-order valence-corrected chi connectivity index (χ2v) is 5.37. The zero-order valence-electron chi connectivity index (χ0n) is 13.5. The zero-order valence-corrected chi connectivity index (χ0v) is 13.5. The van der Waals surface area contributed by atoms with Crippen LogP contribution in [-0.2, 0) is 0 Å². The number of carbonyl (C=O) groups excluding carboxylic acids is 1. The molecule has 0 spiro atoms. The van der Waals surface area contributed by atoms with Crippen molar-refractivity contribution in [1.29, 1.82) is 0 Å². The zero-order chi connectivity index (χ0) is 18.5. The van der Waals surface area contributed by atoms with Gasteiger partial charge in [0.05, 0.1) is 5.56 Å². The third-order valence-electron chi connectivity index (χ3n) is 3.72. The normalized spacial score (nSPS) is 10.6. The fraction of sp³-hybridized carbons (Fsp3) is 0. The Balaban J connectivity index is 1.92. The van der Waals surface area contributed by atoms with Gasteiger partial charge in [0.2, 0.25) is 5.78 Å². The molecular weight excluding hydrogens is 330 g/mol. The van der Waals surface area contributed by atoms with E-state index in [-0.39, 0.29) is 11.3 Å². The summed E-state index contributed by atoms with van der Waals surface area (Å²) < 4.78 is 0. The molecule has 126 valence electrons. The van der Waals surface area contributed by atoms with Crippen LogP contribution in [0.15, 0.2) is 82.7 Å². The van der Waals surface area contributed by atoms with E-state index in [1.807, 2.05) is 24.3 Å². The number of carbonyl (C=O) groups is 2. The number of carboxylic acid groups (broad SMARTS) is 1. The second-order valence-electron chi connectivity index (χ2n) is 5.37. The largest absolute Gasteiger partial charge is 0.761 e. The topological polar surface area (TPSA) is 101 Å². The number of aromatic carboxylic acids is 1. The van der Waals surface area contributed by atoms with Gasteiger partial charge in [0.1, 0.15) is 5.69 Å². The van der Waals surface area contributed by atoms with Gasteiger partial charge in [-0.25, -0.2) is 10.7 Å². The molecule has 0 unspecified atom stereocenters. The molecule has 0 aliphatic heterocycles. The van der Waals surface area contributed by atoms with Gasteiger partial charge < -0.3 is 10.5 Å². The van der Waals surface area contributed by atoms with Gasteiger partial charge in [-0.1, -0.05) is 48.5 Å². The molecule has 6 heteroatoms. The standard InChI is InChI=1S/C20H12N3O3/c21-12-18(23-22-17-8-4-3-7-16(17)20(25)26)19(24)15-10-9-13-5-1-2-6-14(13)11-15/h1-11H,(H,25,26)/q-1. The number of nitrogens with zero attached hydrogens (tertiary/aromatic N) is 3. The van der Waals surface area contributed by atoms with Gasteiger partial charge in [0.15, 0.2) is 5.70 Å². The number of Topliss-reactive ketones (excluding diaryl/α,β-unsaturated/α-hetero) is 1. The number of rotatable bonds is 5. The molecule has 0 heterocycles. The van der Waals surface area contributed by atoms with Crippen LogP contribution in [0.4, 0.5) is 5.69 Å². The molecule has 0 amide bonds. The fourth-order valence-corrected chi connectivity index (χ4v) is 2.43. The maximum atomic E-state index is 12.5. The summed E-state index contributed by atoms with van der Waals surface area (Å²) in [5.74, 6) is -0.0153. The summed E-state index contributed by atoms with van der Waals surface area (Å²) in [5.41, 5.74) is -0.100. The quantitative estimate of drug-likeness (QED) is 0.316. The monoisotopic (exact) mass is 342 g/mol. The number of hydrogen-bond donors (Lipinski definition) is 1. The predicted octanol–water partition coefficient (Wildman–Crippen LogP) is 4.63. The van der Waals surface area contributed by atoms with Gasteiger partial charge in [-0.15, -0.1) is 10.2 Å². The Morgan fingerprint density at radius 2 is 1.62 bits per heavy atom. The highest BCUT2D eigenvalue weighted by molar-refractivity contribution is 6.14. The molecule has 6 nitrogen and oxygen atoms in total. The molecule has 3 aromatic carbocycles. The van der Waals surface area contributed by atoms with Crippen LogP contribution in [-0.4, -0.2) is 22.7 Å². The number of allylic oxidation sites excluding steroid dienone is 1. The maximum Gasteiger partial charge on any atom is 0.337 e. The molecule has 0 bridgehead atoms. The summed E-state index contributed by atoms with van der Waals surface area (Å²) in [6.07, 6.45) is 0. The Labute approximate surface area is 148 Å². The Morgan fingerprint density at radius 3 is 2.35 bits per heavy atom. The predicted molar refractivity (Wildman–Crippen MR) is 98.1 cm³/mol. The minimum Gasteiger partial charge on any atom is -0.761 e. The Morgan fingerprint density at radius 1 is 0.923 bits per heavy atom. The number of ketones is 1. The average molecular weight is 342 g/mol. The Bertz CT molecular complexity index is 1100. The van der Waals surface area contributed by atoms with E-state index in [1.165, 1.54) is 12.1 Å². The summed E-state index contributed by atoms with van der Waals surface area (Å²) in [6.45, 7) is 0. The Kier molecular flexibility index (Phi) is 4.78.